The Balaban J connectivity index is 1.93. The second-order valence-electron chi connectivity index (χ2n) is 7.10. The van der Waals surface area contributed by atoms with E-state index in [-0.39, 0.29) is 24.0 Å². The molecule has 0 heterocycles. The Bertz CT molecular complexity index is 880. The summed E-state index contributed by atoms with van der Waals surface area (Å²) < 4.78 is 37.8. The molecule has 5 nitrogen and oxygen atoms in total. The number of carbonyl (C=O) groups excluding carboxylic acids is 2. The molecule has 0 aliphatic rings. The van der Waals surface area contributed by atoms with Crippen LogP contribution in [-0.2, 0) is 15.8 Å². The molecule has 2 amide bonds. The first-order valence-electron chi connectivity index (χ1n) is 9.15. The highest BCUT2D eigenvalue weighted by atomic mass is 19.4. The summed E-state index contributed by atoms with van der Waals surface area (Å²) in [5.41, 5.74) is 2.25. The first kappa shape index (κ1) is 22.4. The number of quaternary nitrogens is 1. The number of likely N-dealkylation sites (N-methyl/N-ethyl adjacent to an activating group) is 1. The maximum Gasteiger partial charge on any atom is 0.416 e. The Kier molecular flexibility index (Phi) is 7.02. The fourth-order valence-corrected chi connectivity index (χ4v) is 2.70. The van der Waals surface area contributed by atoms with Crippen molar-refractivity contribution in [3.8, 4) is 0 Å². The van der Waals surface area contributed by atoms with Crippen LogP contribution in [0.3, 0.4) is 0 Å². The zero-order valence-corrected chi connectivity index (χ0v) is 16.8. The molecule has 29 heavy (non-hydrogen) atoms. The molecule has 156 valence electrons. The van der Waals surface area contributed by atoms with E-state index in [9.17, 15) is 22.8 Å². The lowest BCUT2D eigenvalue weighted by molar-refractivity contribution is -0.885. The molecule has 0 saturated carbocycles. The van der Waals surface area contributed by atoms with Crippen molar-refractivity contribution in [1.29, 1.82) is 0 Å². The van der Waals surface area contributed by atoms with Gasteiger partial charge in [-0.1, -0.05) is 12.1 Å². The van der Waals surface area contributed by atoms with E-state index in [1.54, 1.807) is 14.0 Å². The molecule has 0 saturated heterocycles. The zero-order valence-electron chi connectivity index (χ0n) is 16.8. The molecular formula is C21H25F3N3O2+. The Morgan fingerprint density at radius 1 is 1.03 bits per heavy atom. The summed E-state index contributed by atoms with van der Waals surface area (Å²) in [6.07, 6.45) is -4.43. The van der Waals surface area contributed by atoms with Crippen molar-refractivity contribution in [2.75, 3.05) is 24.2 Å². The number of alkyl halides is 3. The number of aryl methyl sites for hydroxylation is 1. The van der Waals surface area contributed by atoms with E-state index < -0.39 is 17.8 Å². The van der Waals surface area contributed by atoms with Crippen molar-refractivity contribution >= 4 is 23.2 Å². The number of hydrogen-bond acceptors (Lipinski definition) is 2. The first-order chi connectivity index (χ1) is 13.5. The van der Waals surface area contributed by atoms with Crippen LogP contribution in [0.5, 0.6) is 0 Å². The Labute approximate surface area is 167 Å². The van der Waals surface area contributed by atoms with Gasteiger partial charge in [-0.25, -0.2) is 0 Å². The zero-order chi connectivity index (χ0) is 21.8. The van der Waals surface area contributed by atoms with Crippen molar-refractivity contribution in [2.24, 2.45) is 0 Å². The van der Waals surface area contributed by atoms with Crippen LogP contribution in [0.25, 0.3) is 0 Å². The Hall–Kier alpha value is -2.87. The average Bonchev–Trinajstić information content (AvgIpc) is 2.64. The van der Waals surface area contributed by atoms with E-state index in [2.05, 4.69) is 10.6 Å². The third kappa shape index (κ3) is 6.05. The largest absolute Gasteiger partial charge is 0.416 e. The van der Waals surface area contributed by atoms with E-state index >= 15 is 0 Å². The van der Waals surface area contributed by atoms with Gasteiger partial charge in [-0.3, -0.25) is 9.59 Å². The molecule has 0 aromatic heterocycles. The average molecular weight is 408 g/mol. The van der Waals surface area contributed by atoms with Crippen molar-refractivity contribution in [1.82, 2.24) is 0 Å². The number of hydrogen-bond donors (Lipinski definition) is 3. The van der Waals surface area contributed by atoms with Crippen LogP contribution in [0.4, 0.5) is 24.5 Å². The van der Waals surface area contributed by atoms with Gasteiger partial charge in [-0.05, 0) is 62.2 Å². The molecule has 0 aliphatic carbocycles. The van der Waals surface area contributed by atoms with Crippen LogP contribution in [0.2, 0.25) is 0 Å². The van der Waals surface area contributed by atoms with Crippen LogP contribution in [-0.4, -0.2) is 31.4 Å². The minimum atomic E-state index is -4.43. The summed E-state index contributed by atoms with van der Waals surface area (Å²) in [6, 6.07) is 9.28. The second kappa shape index (κ2) is 9.09. The molecular weight excluding hydrogens is 383 g/mol. The molecule has 1 unspecified atom stereocenters. The molecule has 0 radical (unpaired) electrons. The summed E-state index contributed by atoms with van der Waals surface area (Å²) in [4.78, 5) is 25.4. The van der Waals surface area contributed by atoms with Crippen LogP contribution in [0.15, 0.2) is 42.5 Å². The summed E-state index contributed by atoms with van der Waals surface area (Å²) in [6.45, 7) is 5.59. The number of amides is 2. The summed E-state index contributed by atoms with van der Waals surface area (Å²) in [5, 5.41) is 5.43. The molecule has 2 aromatic carbocycles. The normalized spacial score (nSPS) is 13.5. The predicted molar refractivity (Wildman–Crippen MR) is 106 cm³/mol. The van der Waals surface area contributed by atoms with Crippen molar-refractivity contribution < 1.29 is 27.7 Å². The lowest BCUT2D eigenvalue weighted by Gasteiger charge is -2.21. The fourth-order valence-electron chi connectivity index (χ4n) is 2.70. The van der Waals surface area contributed by atoms with Gasteiger partial charge in [-0.2, -0.15) is 13.2 Å². The van der Waals surface area contributed by atoms with Crippen LogP contribution < -0.4 is 15.5 Å². The second-order valence-corrected chi connectivity index (χ2v) is 7.10. The molecule has 8 heteroatoms. The highest BCUT2D eigenvalue weighted by molar-refractivity contribution is 5.94. The number of anilines is 2. The van der Waals surface area contributed by atoms with E-state index in [1.807, 2.05) is 32.0 Å². The highest BCUT2D eigenvalue weighted by Gasteiger charge is 2.30. The van der Waals surface area contributed by atoms with Gasteiger partial charge in [0.25, 0.3) is 11.8 Å². The van der Waals surface area contributed by atoms with Crippen molar-refractivity contribution in [3.63, 3.8) is 0 Å². The molecule has 2 atom stereocenters. The van der Waals surface area contributed by atoms with E-state index in [4.69, 9.17) is 0 Å². The van der Waals surface area contributed by atoms with Crippen LogP contribution >= 0.6 is 0 Å². The molecule has 2 rings (SSSR count). The maximum absolute atomic E-state index is 12.6. The smallest absolute Gasteiger partial charge is 0.321 e. The predicted octanol–water partition coefficient (Wildman–Crippen LogP) is 2.80. The minimum Gasteiger partial charge on any atom is -0.321 e. The molecule has 0 aliphatic heterocycles. The number of carbonyl (C=O) groups is 2. The standard InChI is InChI=1S/C21H24F3N3O2/c1-13-6-5-7-18(14(13)2)26-19(28)12-27(4)15(3)20(29)25-17-10-8-16(9-11-17)21(22,23)24/h5-11,15H,12H2,1-4H3,(H,25,29)(H,26,28)/p+1/t15-/m1/s1. The summed E-state index contributed by atoms with van der Waals surface area (Å²) >= 11 is 0. The third-order valence-electron chi connectivity index (χ3n) is 4.93. The molecule has 3 N–H and O–H groups in total. The lowest BCUT2D eigenvalue weighted by Crippen LogP contribution is -3.14. The maximum atomic E-state index is 12.6. The molecule has 0 fully saturated rings. The number of rotatable bonds is 6. The van der Waals surface area contributed by atoms with Gasteiger partial charge in [0, 0.05) is 11.4 Å². The number of nitrogens with one attached hydrogen (secondary N) is 3. The van der Waals surface area contributed by atoms with Gasteiger partial charge in [-0.15, -0.1) is 0 Å². The van der Waals surface area contributed by atoms with Gasteiger partial charge < -0.3 is 15.5 Å². The van der Waals surface area contributed by atoms with Crippen LogP contribution in [0, 0.1) is 13.8 Å². The SMILES string of the molecule is Cc1cccc(NC(=O)C[NH+](C)[C@H](C)C(=O)Nc2ccc(C(F)(F)F)cc2)c1C. The molecule has 0 spiro atoms. The molecule has 2 aromatic rings. The van der Waals surface area contributed by atoms with E-state index in [0.29, 0.717) is 4.90 Å². The number of halogens is 3. The Morgan fingerprint density at radius 2 is 1.66 bits per heavy atom. The summed E-state index contributed by atoms with van der Waals surface area (Å²) in [7, 11) is 1.71. The third-order valence-corrected chi connectivity index (χ3v) is 4.93. The van der Waals surface area contributed by atoms with Crippen LogP contribution in [0.1, 0.15) is 23.6 Å². The fraction of sp³-hybridized carbons (Fsp3) is 0.333. The van der Waals surface area contributed by atoms with E-state index in [1.165, 1.54) is 12.1 Å². The minimum absolute atomic E-state index is 0.0645. The molecule has 0 bridgehead atoms. The van der Waals surface area contributed by atoms with Gasteiger partial charge >= 0.3 is 6.18 Å². The van der Waals surface area contributed by atoms with Crippen molar-refractivity contribution in [3.05, 3.63) is 59.2 Å². The topological polar surface area (TPSA) is 62.6 Å². The number of benzene rings is 2. The van der Waals surface area contributed by atoms with Gasteiger partial charge in [0.05, 0.1) is 12.6 Å². The quantitative estimate of drug-likeness (QED) is 0.688. The van der Waals surface area contributed by atoms with Gasteiger partial charge in [0.2, 0.25) is 0 Å². The monoisotopic (exact) mass is 408 g/mol. The Morgan fingerprint density at radius 3 is 2.24 bits per heavy atom. The lowest BCUT2D eigenvalue weighted by atomic mass is 10.1. The first-order valence-corrected chi connectivity index (χ1v) is 9.15. The van der Waals surface area contributed by atoms with Gasteiger partial charge in [0.15, 0.2) is 12.6 Å². The van der Waals surface area contributed by atoms with Gasteiger partial charge in [0.1, 0.15) is 0 Å². The highest BCUT2D eigenvalue weighted by Crippen LogP contribution is 2.29. The van der Waals surface area contributed by atoms with E-state index in [0.717, 1.165) is 28.9 Å². The summed E-state index contributed by atoms with van der Waals surface area (Å²) in [5.74, 6) is -0.618. The van der Waals surface area contributed by atoms with Crippen molar-refractivity contribution in [2.45, 2.75) is 33.0 Å².